The number of halogens is 9. The first-order valence-electron chi connectivity index (χ1n) is 10.4. The summed E-state index contributed by atoms with van der Waals surface area (Å²) in [5.74, 6) is -5.70. The van der Waals surface area contributed by atoms with E-state index >= 15 is 0 Å². The Bertz CT molecular complexity index is 1380. The Morgan fingerprint density at radius 2 is 1.32 bits per heavy atom. The second-order valence-electron chi connectivity index (χ2n) is 8.61. The van der Waals surface area contributed by atoms with Crippen LogP contribution in [0.5, 0.6) is 0 Å². The maximum atomic E-state index is 13.6. The van der Waals surface area contributed by atoms with Crippen LogP contribution in [0.4, 0.5) is 24.5 Å². The lowest BCUT2D eigenvalue weighted by Crippen LogP contribution is -2.50. The van der Waals surface area contributed by atoms with Crippen LogP contribution in [0, 0.1) is 11.8 Å². The Kier molecular flexibility index (Phi) is 6.11. The zero-order valence-electron chi connectivity index (χ0n) is 17.8. The Morgan fingerprint density at radius 3 is 1.86 bits per heavy atom. The molecule has 1 saturated carbocycles. The Labute approximate surface area is 237 Å². The normalized spacial score (nSPS) is 30.2. The lowest BCUT2D eigenvalue weighted by atomic mass is 9.84. The van der Waals surface area contributed by atoms with Crippen LogP contribution < -0.4 is 10.2 Å². The average molecular weight is 633 g/mol. The number of fused-ring (bicyclic) bond motifs is 5. The van der Waals surface area contributed by atoms with E-state index in [1.165, 1.54) is 36.4 Å². The molecule has 14 heteroatoms. The lowest BCUT2D eigenvalue weighted by molar-refractivity contribution is -0.137. The SMILES string of the molecule is O=C(Nc1ccccc1C(F)(F)F)c1ccccc1N1C(=O)[C@H]2[C@H](C1=O)[C@@]1(Cl)C(Cl)=C(Cl)[C@@]2(Cl)C1(Cl)Cl. The van der Waals surface area contributed by atoms with E-state index in [-0.39, 0.29) is 21.3 Å². The molecule has 2 fully saturated rings. The minimum atomic E-state index is -4.74. The fourth-order valence-electron chi connectivity index (χ4n) is 5.12. The summed E-state index contributed by atoms with van der Waals surface area (Å²) in [7, 11) is 0. The summed E-state index contributed by atoms with van der Waals surface area (Å²) in [5.41, 5.74) is -2.07. The Balaban J connectivity index is 1.56. The molecule has 1 heterocycles. The van der Waals surface area contributed by atoms with Crippen LogP contribution >= 0.6 is 69.6 Å². The molecule has 2 bridgehead atoms. The van der Waals surface area contributed by atoms with Crippen molar-refractivity contribution in [2.45, 2.75) is 20.3 Å². The van der Waals surface area contributed by atoms with Gasteiger partial charge in [0.05, 0.1) is 44.4 Å². The standard InChI is InChI=1S/C23H11Cl6F3N2O3/c24-15-16(25)21(27)14-13(20(15,26)23(21,28)29)18(36)34(19(14)37)12-8-4-1-5-9(12)17(35)33-11-7-3-2-6-10(11)22(30,31)32/h1-8,13-14H,(H,33,35)/t13-,14-,20-,21-/m1/s1. The van der Waals surface area contributed by atoms with Crippen molar-refractivity contribution in [3.8, 4) is 0 Å². The van der Waals surface area contributed by atoms with Crippen LogP contribution in [-0.2, 0) is 15.8 Å². The van der Waals surface area contributed by atoms with E-state index in [1.54, 1.807) is 0 Å². The summed E-state index contributed by atoms with van der Waals surface area (Å²) in [6.45, 7) is 0. The molecule has 1 N–H and O–H groups in total. The molecule has 2 aromatic carbocycles. The van der Waals surface area contributed by atoms with Crippen LogP contribution in [0.25, 0.3) is 0 Å². The summed E-state index contributed by atoms with van der Waals surface area (Å²) in [4.78, 5) is 37.0. The van der Waals surface area contributed by atoms with E-state index in [0.29, 0.717) is 4.90 Å². The highest BCUT2D eigenvalue weighted by Gasteiger charge is 2.87. The molecule has 2 aliphatic carbocycles. The monoisotopic (exact) mass is 630 g/mol. The molecular formula is C23H11Cl6F3N2O3. The van der Waals surface area contributed by atoms with Gasteiger partial charge in [0.25, 0.3) is 5.91 Å². The van der Waals surface area contributed by atoms with Gasteiger partial charge in [-0.2, -0.15) is 13.2 Å². The number of imide groups is 1. The molecule has 5 rings (SSSR count). The minimum Gasteiger partial charge on any atom is -0.321 e. The van der Waals surface area contributed by atoms with Gasteiger partial charge >= 0.3 is 6.18 Å². The first-order chi connectivity index (χ1) is 17.1. The lowest BCUT2D eigenvalue weighted by Gasteiger charge is -2.34. The molecule has 3 aliphatic rings. The largest absolute Gasteiger partial charge is 0.418 e. The van der Waals surface area contributed by atoms with Gasteiger partial charge < -0.3 is 5.32 Å². The number of para-hydroxylation sites is 2. The molecule has 5 nitrogen and oxygen atoms in total. The van der Waals surface area contributed by atoms with Crippen molar-refractivity contribution >= 4 is 98.7 Å². The fraction of sp³-hybridized carbons (Fsp3) is 0.261. The van der Waals surface area contributed by atoms with Crippen molar-refractivity contribution in [1.82, 2.24) is 0 Å². The smallest absolute Gasteiger partial charge is 0.321 e. The highest BCUT2D eigenvalue weighted by atomic mass is 35.5. The number of nitrogens with zero attached hydrogens (tertiary/aromatic N) is 1. The first kappa shape index (κ1) is 26.9. The van der Waals surface area contributed by atoms with Gasteiger partial charge in [0, 0.05) is 0 Å². The van der Waals surface area contributed by atoms with Crippen LogP contribution in [0.2, 0.25) is 0 Å². The highest BCUT2D eigenvalue weighted by molar-refractivity contribution is 6.67. The second-order valence-corrected chi connectivity index (χ2v) is 11.9. The number of amides is 3. The quantitative estimate of drug-likeness (QED) is 0.296. The van der Waals surface area contributed by atoms with Gasteiger partial charge in [0.1, 0.15) is 9.75 Å². The number of rotatable bonds is 3. The number of hydrogen-bond donors (Lipinski definition) is 1. The molecule has 3 amide bonds. The van der Waals surface area contributed by atoms with Gasteiger partial charge in [0.15, 0.2) is 4.33 Å². The number of benzene rings is 2. The highest BCUT2D eigenvalue weighted by Crippen LogP contribution is 2.77. The van der Waals surface area contributed by atoms with E-state index in [0.717, 1.165) is 12.1 Å². The third-order valence-electron chi connectivity index (χ3n) is 6.78. The van der Waals surface area contributed by atoms with Crippen LogP contribution in [0.3, 0.4) is 0 Å². The van der Waals surface area contributed by atoms with Gasteiger partial charge in [-0.3, -0.25) is 14.4 Å². The van der Waals surface area contributed by atoms with E-state index in [9.17, 15) is 27.6 Å². The molecule has 194 valence electrons. The Hall–Kier alpha value is -1.68. The van der Waals surface area contributed by atoms with Crippen molar-refractivity contribution in [1.29, 1.82) is 0 Å². The topological polar surface area (TPSA) is 66.5 Å². The molecule has 1 aliphatic heterocycles. The first-order valence-corrected chi connectivity index (χ1v) is 12.6. The van der Waals surface area contributed by atoms with Crippen LogP contribution in [0.15, 0.2) is 58.6 Å². The number of allylic oxidation sites excluding steroid dienone is 2. The number of anilines is 2. The summed E-state index contributed by atoms with van der Waals surface area (Å²) >= 11 is 38.9. The number of alkyl halides is 7. The summed E-state index contributed by atoms with van der Waals surface area (Å²) in [6.07, 6.45) is -4.74. The van der Waals surface area contributed by atoms with Gasteiger partial charge in [-0.05, 0) is 24.3 Å². The molecular weight excluding hydrogens is 622 g/mol. The molecule has 0 radical (unpaired) electrons. The summed E-state index contributed by atoms with van der Waals surface area (Å²) in [6, 6.07) is 9.71. The fourth-order valence-corrected chi connectivity index (χ4v) is 8.05. The van der Waals surface area contributed by atoms with Crippen molar-refractivity contribution in [2.75, 3.05) is 10.2 Å². The zero-order chi connectivity index (χ0) is 27.3. The van der Waals surface area contributed by atoms with Gasteiger partial charge in [0.2, 0.25) is 11.8 Å². The maximum absolute atomic E-state index is 13.6. The summed E-state index contributed by atoms with van der Waals surface area (Å²) < 4.78 is 38.1. The van der Waals surface area contributed by atoms with Crippen molar-refractivity contribution in [2.24, 2.45) is 11.8 Å². The number of carbonyl (C=O) groups is 3. The average Bonchev–Trinajstić information content (AvgIpc) is 3.22. The molecule has 0 aromatic heterocycles. The minimum absolute atomic E-state index is 0.212. The van der Waals surface area contributed by atoms with E-state index < -0.39 is 61.1 Å². The van der Waals surface area contributed by atoms with Crippen molar-refractivity contribution in [3.05, 3.63) is 69.7 Å². The van der Waals surface area contributed by atoms with Gasteiger partial charge in [-0.25, -0.2) is 4.90 Å². The van der Waals surface area contributed by atoms with E-state index in [2.05, 4.69) is 5.32 Å². The van der Waals surface area contributed by atoms with Crippen LogP contribution in [-0.4, -0.2) is 31.8 Å². The molecule has 2 aromatic rings. The van der Waals surface area contributed by atoms with E-state index in [4.69, 9.17) is 69.6 Å². The summed E-state index contributed by atoms with van der Waals surface area (Å²) in [5, 5.41) is 1.63. The molecule has 4 atom stereocenters. The Morgan fingerprint density at radius 1 is 0.838 bits per heavy atom. The third-order valence-corrected chi connectivity index (χ3v) is 11.0. The number of hydrogen-bond acceptors (Lipinski definition) is 3. The molecule has 0 spiro atoms. The van der Waals surface area contributed by atoms with Crippen molar-refractivity contribution in [3.63, 3.8) is 0 Å². The van der Waals surface area contributed by atoms with Gasteiger partial charge in [-0.15, -0.1) is 23.2 Å². The predicted octanol–water partition coefficient (Wildman–Crippen LogP) is 6.91. The zero-order valence-corrected chi connectivity index (χ0v) is 22.4. The molecule has 1 saturated heterocycles. The van der Waals surface area contributed by atoms with Gasteiger partial charge in [-0.1, -0.05) is 70.7 Å². The van der Waals surface area contributed by atoms with Crippen molar-refractivity contribution < 1.29 is 27.6 Å². The number of nitrogens with one attached hydrogen (secondary N) is 1. The molecule has 0 unspecified atom stereocenters. The van der Waals surface area contributed by atoms with E-state index in [1.807, 2.05) is 0 Å². The number of carbonyl (C=O) groups excluding carboxylic acids is 3. The maximum Gasteiger partial charge on any atom is 0.418 e. The second kappa shape index (κ2) is 8.41. The molecule has 37 heavy (non-hydrogen) atoms. The van der Waals surface area contributed by atoms with Crippen LogP contribution in [0.1, 0.15) is 15.9 Å². The predicted molar refractivity (Wildman–Crippen MR) is 136 cm³/mol. The third kappa shape index (κ3) is 3.29.